The van der Waals surface area contributed by atoms with E-state index in [4.69, 9.17) is 34.8 Å². The number of thioether (sulfide) groups is 1. The molecule has 0 unspecified atom stereocenters. The molecule has 0 atom stereocenters. The average Bonchev–Trinajstić information content (AvgIpc) is 3.13. The van der Waals surface area contributed by atoms with Crippen molar-refractivity contribution in [1.29, 1.82) is 0 Å². The van der Waals surface area contributed by atoms with Crippen LogP contribution in [-0.4, -0.2) is 20.6 Å². The number of nitrogens with zero attached hydrogens (tertiary/aromatic N) is 2. The lowest BCUT2D eigenvalue weighted by Gasteiger charge is -2.14. The highest BCUT2D eigenvalue weighted by atomic mass is 35.5. The maximum absolute atomic E-state index is 14.1. The number of carbonyl (C=O) groups is 2. The topological polar surface area (TPSA) is 42.3 Å². The van der Waals surface area contributed by atoms with Gasteiger partial charge in [-0.2, -0.15) is 0 Å². The van der Waals surface area contributed by atoms with Crippen LogP contribution in [0.4, 0.5) is 9.18 Å². The zero-order valence-corrected chi connectivity index (χ0v) is 20.0. The maximum Gasteiger partial charge on any atom is 0.293 e. The maximum atomic E-state index is 14.1. The Bertz CT molecular complexity index is 1260. The number of hydrogen-bond acceptors (Lipinski definition) is 3. The highest BCUT2D eigenvalue weighted by Gasteiger charge is 2.36. The summed E-state index contributed by atoms with van der Waals surface area (Å²) in [5.74, 6) is -1.06. The minimum absolute atomic E-state index is 0.105. The first-order chi connectivity index (χ1) is 15.2. The fourth-order valence-electron chi connectivity index (χ4n) is 3.62. The summed E-state index contributed by atoms with van der Waals surface area (Å²) >= 11 is 19.2. The number of amides is 2. The van der Waals surface area contributed by atoms with Crippen molar-refractivity contribution >= 4 is 63.8 Å². The summed E-state index contributed by atoms with van der Waals surface area (Å²) in [5.41, 5.74) is 3.43. The fraction of sp³-hybridized carbons (Fsp3) is 0.130. The summed E-state index contributed by atoms with van der Waals surface area (Å²) in [6.07, 6.45) is 1.67. The highest BCUT2D eigenvalue weighted by Crippen LogP contribution is 2.36. The average molecular weight is 510 g/mol. The third kappa shape index (κ3) is 4.33. The van der Waals surface area contributed by atoms with Crippen molar-refractivity contribution in [1.82, 2.24) is 9.47 Å². The molecular formula is C23H16Cl3FN2O2S. The molecule has 0 spiro atoms. The summed E-state index contributed by atoms with van der Waals surface area (Å²) < 4.78 is 16.1. The van der Waals surface area contributed by atoms with Crippen molar-refractivity contribution in [2.45, 2.75) is 20.4 Å². The fourth-order valence-corrected chi connectivity index (χ4v) is 5.18. The number of aromatic nitrogens is 1. The minimum Gasteiger partial charge on any atom is -0.318 e. The monoisotopic (exact) mass is 508 g/mol. The van der Waals surface area contributed by atoms with Gasteiger partial charge in [-0.05, 0) is 73.6 Å². The van der Waals surface area contributed by atoms with Gasteiger partial charge in [-0.15, -0.1) is 0 Å². The molecule has 9 heteroatoms. The smallest absolute Gasteiger partial charge is 0.293 e. The molecule has 2 heterocycles. The Morgan fingerprint density at radius 1 is 1.03 bits per heavy atom. The van der Waals surface area contributed by atoms with Gasteiger partial charge in [0.1, 0.15) is 5.82 Å². The molecule has 1 aromatic heterocycles. The molecule has 32 heavy (non-hydrogen) atoms. The number of hydrogen-bond donors (Lipinski definition) is 0. The molecule has 0 N–H and O–H groups in total. The Balaban J connectivity index is 1.66. The molecule has 0 bridgehead atoms. The van der Waals surface area contributed by atoms with Crippen molar-refractivity contribution < 1.29 is 14.0 Å². The van der Waals surface area contributed by atoms with E-state index in [1.165, 1.54) is 18.2 Å². The molecule has 1 saturated heterocycles. The molecule has 0 aliphatic carbocycles. The molecule has 4 rings (SSSR count). The quantitative estimate of drug-likeness (QED) is 0.343. The van der Waals surface area contributed by atoms with Crippen molar-refractivity contribution in [3.05, 3.63) is 90.8 Å². The van der Waals surface area contributed by atoms with E-state index >= 15 is 0 Å². The second-order valence-corrected chi connectivity index (χ2v) is 9.53. The van der Waals surface area contributed by atoms with Gasteiger partial charge in [0.15, 0.2) is 0 Å². The van der Waals surface area contributed by atoms with E-state index < -0.39 is 17.0 Å². The van der Waals surface area contributed by atoms with Crippen LogP contribution in [0, 0.1) is 19.7 Å². The molecule has 4 nitrogen and oxygen atoms in total. The standard InChI is InChI=1S/C23H16Cl3FN2O2S/c1-12-6-14(13(2)29(12)17-9-15(24)8-16(25)10-17)7-21-22(30)28(23(31)32-21)11-18-19(26)4-3-5-20(18)27/h3-10H,11H2,1-2H3/b21-7-. The summed E-state index contributed by atoms with van der Waals surface area (Å²) in [4.78, 5) is 26.7. The van der Waals surface area contributed by atoms with Crippen LogP contribution in [0.1, 0.15) is 22.5 Å². The molecular weight excluding hydrogens is 494 g/mol. The van der Waals surface area contributed by atoms with Crippen LogP contribution in [0.5, 0.6) is 0 Å². The zero-order chi connectivity index (χ0) is 23.2. The highest BCUT2D eigenvalue weighted by molar-refractivity contribution is 8.18. The number of aryl methyl sites for hydroxylation is 1. The predicted octanol–water partition coefficient (Wildman–Crippen LogP) is 7.43. The Morgan fingerprint density at radius 2 is 1.72 bits per heavy atom. The van der Waals surface area contributed by atoms with E-state index in [-0.39, 0.29) is 22.0 Å². The Hall–Kier alpha value is -2.25. The van der Waals surface area contributed by atoms with E-state index in [0.717, 1.165) is 39.3 Å². The summed E-state index contributed by atoms with van der Waals surface area (Å²) in [7, 11) is 0. The third-order valence-electron chi connectivity index (χ3n) is 5.11. The first kappa shape index (κ1) is 22.9. The zero-order valence-electron chi connectivity index (χ0n) is 17.0. The Kier molecular flexibility index (Phi) is 6.41. The van der Waals surface area contributed by atoms with Crippen molar-refractivity contribution in [3.8, 4) is 5.69 Å². The van der Waals surface area contributed by atoms with Crippen LogP contribution < -0.4 is 0 Å². The van der Waals surface area contributed by atoms with Crippen molar-refractivity contribution in [2.75, 3.05) is 0 Å². The van der Waals surface area contributed by atoms with E-state index in [9.17, 15) is 14.0 Å². The SMILES string of the molecule is Cc1cc(/C=C2\SC(=O)N(Cc3c(F)cccc3Cl)C2=O)c(C)n1-c1cc(Cl)cc(Cl)c1. The number of imide groups is 1. The molecule has 3 aromatic rings. The third-order valence-corrected chi connectivity index (χ3v) is 6.81. The van der Waals surface area contributed by atoms with Crippen LogP contribution in [0.15, 0.2) is 47.4 Å². The first-order valence-electron chi connectivity index (χ1n) is 9.49. The summed E-state index contributed by atoms with van der Waals surface area (Å²) in [5, 5.41) is 0.705. The molecule has 1 fully saturated rings. The van der Waals surface area contributed by atoms with E-state index in [1.807, 2.05) is 24.5 Å². The van der Waals surface area contributed by atoms with Crippen LogP contribution in [0.3, 0.4) is 0 Å². The van der Waals surface area contributed by atoms with Gasteiger partial charge in [0.05, 0.1) is 11.4 Å². The predicted molar refractivity (Wildman–Crippen MR) is 128 cm³/mol. The lowest BCUT2D eigenvalue weighted by Crippen LogP contribution is -2.28. The second kappa shape index (κ2) is 8.94. The van der Waals surface area contributed by atoms with Gasteiger partial charge in [0, 0.05) is 37.7 Å². The molecule has 164 valence electrons. The number of rotatable bonds is 4. The normalized spacial score (nSPS) is 15.3. The van der Waals surface area contributed by atoms with Gasteiger partial charge >= 0.3 is 0 Å². The number of halogens is 4. The number of benzene rings is 2. The van der Waals surface area contributed by atoms with Crippen molar-refractivity contribution in [3.63, 3.8) is 0 Å². The molecule has 0 saturated carbocycles. The van der Waals surface area contributed by atoms with Gasteiger partial charge < -0.3 is 4.57 Å². The largest absolute Gasteiger partial charge is 0.318 e. The van der Waals surface area contributed by atoms with Crippen molar-refractivity contribution in [2.24, 2.45) is 0 Å². The van der Waals surface area contributed by atoms with Gasteiger partial charge in [-0.1, -0.05) is 40.9 Å². The molecule has 2 aromatic carbocycles. The van der Waals surface area contributed by atoms with Crippen LogP contribution in [-0.2, 0) is 11.3 Å². The Morgan fingerprint density at radius 3 is 2.38 bits per heavy atom. The van der Waals surface area contributed by atoms with Crippen LogP contribution >= 0.6 is 46.6 Å². The van der Waals surface area contributed by atoms with E-state index in [1.54, 1.807) is 24.3 Å². The summed E-state index contributed by atoms with van der Waals surface area (Å²) in [6, 6.07) is 11.4. The van der Waals surface area contributed by atoms with E-state index in [2.05, 4.69) is 0 Å². The van der Waals surface area contributed by atoms with Gasteiger partial charge in [0.2, 0.25) is 0 Å². The number of carbonyl (C=O) groups excluding carboxylic acids is 2. The summed E-state index contributed by atoms with van der Waals surface area (Å²) in [6.45, 7) is 3.59. The van der Waals surface area contributed by atoms with Gasteiger partial charge in [0.25, 0.3) is 11.1 Å². The van der Waals surface area contributed by atoms with Crippen LogP contribution in [0.25, 0.3) is 11.8 Å². The Labute approximate surface area is 203 Å². The molecule has 1 aliphatic heterocycles. The lowest BCUT2D eigenvalue weighted by atomic mass is 10.2. The van der Waals surface area contributed by atoms with Gasteiger partial charge in [-0.25, -0.2) is 4.39 Å². The molecule has 1 aliphatic rings. The molecule has 2 amide bonds. The van der Waals surface area contributed by atoms with Crippen LogP contribution in [0.2, 0.25) is 15.1 Å². The van der Waals surface area contributed by atoms with Gasteiger partial charge in [-0.3, -0.25) is 14.5 Å². The second-order valence-electron chi connectivity index (χ2n) is 7.26. The minimum atomic E-state index is -0.566. The first-order valence-corrected chi connectivity index (χ1v) is 11.4. The molecule has 0 radical (unpaired) electrons. The van der Waals surface area contributed by atoms with E-state index in [0.29, 0.717) is 10.0 Å². The lowest BCUT2D eigenvalue weighted by molar-refractivity contribution is -0.123.